The van der Waals surface area contributed by atoms with Gasteiger partial charge in [-0.25, -0.2) is 15.0 Å². The van der Waals surface area contributed by atoms with Crippen LogP contribution in [0.1, 0.15) is 24.1 Å². The quantitative estimate of drug-likeness (QED) is 0.386. The Morgan fingerprint density at radius 2 is 1.68 bits per heavy atom. The fourth-order valence-electron chi connectivity index (χ4n) is 5.03. The Bertz CT molecular complexity index is 1770. The van der Waals surface area contributed by atoms with Crippen molar-refractivity contribution in [1.29, 1.82) is 0 Å². The molecule has 0 spiro atoms. The van der Waals surface area contributed by atoms with Crippen molar-refractivity contribution in [2.45, 2.75) is 19.3 Å². The van der Waals surface area contributed by atoms with Gasteiger partial charge in [0.05, 0.1) is 27.4 Å². The van der Waals surface area contributed by atoms with Crippen LogP contribution >= 0.6 is 0 Å². The zero-order chi connectivity index (χ0) is 22.5. The molecule has 0 aliphatic heterocycles. The van der Waals surface area contributed by atoms with Gasteiger partial charge in [-0.15, -0.1) is 0 Å². The molecule has 0 saturated carbocycles. The Morgan fingerprint density at radius 1 is 0.824 bits per heavy atom. The van der Waals surface area contributed by atoms with Crippen LogP contribution in [0.3, 0.4) is 0 Å². The van der Waals surface area contributed by atoms with Gasteiger partial charge in [0.1, 0.15) is 0 Å². The Morgan fingerprint density at radius 3 is 2.62 bits per heavy atom. The maximum atomic E-state index is 5.14. The summed E-state index contributed by atoms with van der Waals surface area (Å²) in [7, 11) is 0. The minimum absolute atomic E-state index is 0.739. The van der Waals surface area contributed by atoms with Crippen LogP contribution in [0.5, 0.6) is 0 Å². The van der Waals surface area contributed by atoms with Crippen molar-refractivity contribution in [2.24, 2.45) is 0 Å². The monoisotopic (exact) mass is 438 g/mol. The number of rotatable bonds is 2. The van der Waals surface area contributed by atoms with Crippen LogP contribution in [-0.4, -0.2) is 19.4 Å². The number of hydrogen-bond donors (Lipinski definition) is 0. The second-order valence-corrected chi connectivity index (χ2v) is 8.80. The molecule has 0 bridgehead atoms. The SMILES string of the molecule is C1=CCc2c(cc3c(-c4ccc(-c5ncc6ccccc6n5)cc4)nc4c(n23)=CCCC=4)C=C1. The van der Waals surface area contributed by atoms with Crippen molar-refractivity contribution in [3.05, 3.63) is 101 Å². The van der Waals surface area contributed by atoms with Crippen molar-refractivity contribution in [3.63, 3.8) is 0 Å². The second kappa shape index (κ2) is 7.63. The Labute approximate surface area is 197 Å². The third kappa shape index (κ3) is 3.03. The summed E-state index contributed by atoms with van der Waals surface area (Å²) in [6.07, 6.45) is 18.2. The second-order valence-electron chi connectivity index (χ2n) is 8.80. The molecule has 0 radical (unpaired) electrons. The topological polar surface area (TPSA) is 43.1 Å². The zero-order valence-corrected chi connectivity index (χ0v) is 18.6. The number of nitrogens with zero attached hydrogens (tertiary/aromatic N) is 4. The molecule has 2 aliphatic rings. The standard InChI is InChI=1S/C30H22N4/c1-2-8-22-18-28-29(32-25-11-6-7-13-27(25)34(28)26(22)12-3-1)20-14-16-21(17-15-20)30-31-19-23-9-4-5-10-24(23)33-30/h1-5,8-11,13-19H,6-7,12H2. The Hall–Kier alpha value is -4.31. The third-order valence-electron chi connectivity index (χ3n) is 6.70. The number of aromatic nitrogens is 4. The summed E-state index contributed by atoms with van der Waals surface area (Å²) in [4.78, 5) is 14.5. The van der Waals surface area contributed by atoms with Crippen molar-refractivity contribution in [1.82, 2.24) is 19.4 Å². The lowest BCUT2D eigenvalue weighted by molar-refractivity contribution is 0.944. The summed E-state index contributed by atoms with van der Waals surface area (Å²) < 4.78 is 2.42. The van der Waals surface area contributed by atoms with Crippen molar-refractivity contribution in [3.8, 4) is 22.6 Å². The van der Waals surface area contributed by atoms with E-state index >= 15 is 0 Å². The highest BCUT2D eigenvalue weighted by Gasteiger charge is 2.17. The predicted molar refractivity (Wildman–Crippen MR) is 138 cm³/mol. The summed E-state index contributed by atoms with van der Waals surface area (Å²) in [5.41, 5.74) is 7.82. The van der Waals surface area contributed by atoms with Gasteiger partial charge in [-0.05, 0) is 30.5 Å². The summed E-state index contributed by atoms with van der Waals surface area (Å²) >= 11 is 0. The van der Waals surface area contributed by atoms with Crippen molar-refractivity contribution >= 4 is 34.6 Å². The minimum Gasteiger partial charge on any atom is -0.309 e. The molecular weight excluding hydrogens is 416 g/mol. The van der Waals surface area contributed by atoms with E-state index in [9.17, 15) is 0 Å². The number of allylic oxidation sites excluding steroid dienone is 3. The van der Waals surface area contributed by atoms with Crippen LogP contribution in [0.15, 0.2) is 79.0 Å². The molecule has 34 heavy (non-hydrogen) atoms. The molecule has 3 heterocycles. The first kappa shape index (κ1) is 19.2. The van der Waals surface area contributed by atoms with Crippen LogP contribution in [-0.2, 0) is 6.42 Å². The predicted octanol–water partition coefficient (Wildman–Crippen LogP) is 5.09. The lowest BCUT2D eigenvalue weighted by atomic mass is 10.1. The van der Waals surface area contributed by atoms with Crippen molar-refractivity contribution < 1.29 is 0 Å². The highest BCUT2D eigenvalue weighted by atomic mass is 15.0. The largest absolute Gasteiger partial charge is 0.309 e. The lowest BCUT2D eigenvalue weighted by Crippen LogP contribution is -2.37. The number of hydrogen-bond acceptors (Lipinski definition) is 3. The highest BCUT2D eigenvalue weighted by Crippen LogP contribution is 2.29. The zero-order valence-electron chi connectivity index (χ0n) is 18.6. The summed E-state index contributed by atoms with van der Waals surface area (Å²) in [6.45, 7) is 0. The first-order chi connectivity index (χ1) is 16.8. The molecule has 0 fully saturated rings. The van der Waals surface area contributed by atoms with E-state index < -0.39 is 0 Å². The van der Waals surface area contributed by atoms with Crippen molar-refractivity contribution in [2.75, 3.05) is 0 Å². The van der Waals surface area contributed by atoms with Crippen LogP contribution in [0, 0.1) is 0 Å². The molecule has 3 aromatic heterocycles. The number of benzene rings is 2. The molecule has 0 N–H and O–H groups in total. The fraction of sp³-hybridized carbons (Fsp3) is 0.100. The first-order valence-electron chi connectivity index (χ1n) is 11.8. The van der Waals surface area contributed by atoms with Crippen LogP contribution in [0.25, 0.3) is 57.3 Å². The van der Waals surface area contributed by atoms with Gasteiger partial charge in [-0.1, -0.05) is 78.9 Å². The minimum atomic E-state index is 0.739. The molecule has 0 amide bonds. The number of fused-ring (bicyclic) bond motifs is 6. The molecule has 4 heteroatoms. The van der Waals surface area contributed by atoms with Gasteiger partial charge in [0.2, 0.25) is 0 Å². The summed E-state index contributed by atoms with van der Waals surface area (Å²) in [5, 5.41) is 3.34. The third-order valence-corrected chi connectivity index (χ3v) is 6.70. The van der Waals surface area contributed by atoms with E-state index in [4.69, 9.17) is 9.97 Å². The van der Waals surface area contributed by atoms with Gasteiger partial charge < -0.3 is 4.40 Å². The van der Waals surface area contributed by atoms with E-state index in [1.807, 2.05) is 30.5 Å². The molecule has 7 rings (SSSR count). The average Bonchev–Trinajstić information content (AvgIpc) is 3.10. The summed E-state index contributed by atoms with van der Waals surface area (Å²) in [6, 6.07) is 18.8. The van der Waals surface area contributed by atoms with E-state index in [2.05, 4.69) is 76.2 Å². The first-order valence-corrected chi connectivity index (χ1v) is 11.8. The molecule has 0 saturated heterocycles. The van der Waals surface area contributed by atoms with E-state index in [0.29, 0.717) is 0 Å². The average molecular weight is 439 g/mol. The molecule has 2 aliphatic carbocycles. The fourth-order valence-corrected chi connectivity index (χ4v) is 5.03. The molecule has 5 aromatic rings. The maximum Gasteiger partial charge on any atom is 0.159 e. The normalized spacial score (nSPS) is 14.4. The van der Waals surface area contributed by atoms with E-state index in [1.54, 1.807) is 0 Å². The summed E-state index contributed by atoms with van der Waals surface area (Å²) in [5.74, 6) is 0.739. The van der Waals surface area contributed by atoms with E-state index in [1.165, 1.54) is 16.6 Å². The van der Waals surface area contributed by atoms with Gasteiger partial charge in [-0.3, -0.25) is 0 Å². The molecule has 0 unspecified atom stereocenters. The van der Waals surface area contributed by atoms with Gasteiger partial charge in [0.25, 0.3) is 0 Å². The lowest BCUT2D eigenvalue weighted by Gasteiger charge is -2.11. The molecule has 2 aromatic carbocycles. The van der Waals surface area contributed by atoms with Gasteiger partial charge in [0, 0.05) is 34.8 Å². The maximum absolute atomic E-state index is 5.14. The van der Waals surface area contributed by atoms with Gasteiger partial charge in [0.15, 0.2) is 5.82 Å². The van der Waals surface area contributed by atoms with Crippen LogP contribution in [0.4, 0.5) is 0 Å². The Balaban J connectivity index is 1.40. The molecule has 162 valence electrons. The van der Waals surface area contributed by atoms with Gasteiger partial charge in [-0.2, -0.15) is 0 Å². The molecular formula is C30H22N4. The van der Waals surface area contributed by atoms with Crippen LogP contribution < -0.4 is 10.7 Å². The highest BCUT2D eigenvalue weighted by molar-refractivity contribution is 5.83. The van der Waals surface area contributed by atoms with E-state index in [-0.39, 0.29) is 0 Å². The Kier molecular flexibility index (Phi) is 4.31. The molecule has 4 nitrogen and oxygen atoms in total. The molecule has 0 atom stereocenters. The van der Waals surface area contributed by atoms with Crippen LogP contribution in [0.2, 0.25) is 0 Å². The van der Waals surface area contributed by atoms with Gasteiger partial charge >= 0.3 is 0 Å². The smallest absolute Gasteiger partial charge is 0.159 e. The van der Waals surface area contributed by atoms with E-state index in [0.717, 1.165) is 63.7 Å². The number of para-hydroxylation sites is 1.